The summed E-state index contributed by atoms with van der Waals surface area (Å²) in [5.41, 5.74) is 5.08. The van der Waals surface area contributed by atoms with Crippen LogP contribution in [0.2, 0.25) is 5.02 Å². The maximum atomic E-state index is 14.6. The number of aromatic nitrogens is 1. The van der Waals surface area contributed by atoms with E-state index in [-0.39, 0.29) is 5.82 Å². The molecule has 0 spiro atoms. The van der Waals surface area contributed by atoms with E-state index >= 15 is 0 Å². The molecule has 0 amide bonds. The molecule has 0 saturated carbocycles. The number of rotatable bonds is 5. The van der Waals surface area contributed by atoms with Gasteiger partial charge in [-0.05, 0) is 86.3 Å². The van der Waals surface area contributed by atoms with E-state index in [4.69, 9.17) is 16.6 Å². The van der Waals surface area contributed by atoms with Gasteiger partial charge >= 0.3 is 0 Å². The number of nitrogens with zero attached hydrogens (tertiary/aromatic N) is 1. The molecule has 0 aliphatic carbocycles. The van der Waals surface area contributed by atoms with Crippen molar-refractivity contribution in [2.24, 2.45) is 5.92 Å². The Morgan fingerprint density at radius 2 is 1.81 bits per heavy atom. The number of hydrogen-bond donors (Lipinski definition) is 2. The molecule has 1 aliphatic rings. The Kier molecular flexibility index (Phi) is 6.06. The predicted molar refractivity (Wildman–Crippen MR) is 131 cm³/mol. The van der Waals surface area contributed by atoms with E-state index in [2.05, 4.69) is 34.9 Å². The molecule has 0 bridgehead atoms. The van der Waals surface area contributed by atoms with E-state index in [1.54, 1.807) is 12.1 Å². The molecule has 1 aromatic heterocycles. The minimum absolute atomic E-state index is 0.371. The number of nitrogens with one attached hydrogen (secondary N) is 2. The van der Waals surface area contributed by atoms with E-state index in [9.17, 15) is 4.39 Å². The Balaban J connectivity index is 1.49. The van der Waals surface area contributed by atoms with Crippen LogP contribution >= 0.6 is 11.6 Å². The zero-order valence-corrected chi connectivity index (χ0v) is 18.5. The Labute approximate surface area is 192 Å². The van der Waals surface area contributed by atoms with Crippen LogP contribution in [0.1, 0.15) is 18.4 Å². The van der Waals surface area contributed by atoms with Gasteiger partial charge in [-0.2, -0.15) is 0 Å². The molecule has 1 saturated heterocycles. The van der Waals surface area contributed by atoms with Crippen LogP contribution in [-0.2, 0) is 6.42 Å². The third-order valence-corrected chi connectivity index (χ3v) is 6.35. The zero-order valence-electron chi connectivity index (χ0n) is 17.7. The molecule has 5 heteroatoms. The van der Waals surface area contributed by atoms with Gasteiger partial charge in [0.05, 0.1) is 16.9 Å². The predicted octanol–water partition coefficient (Wildman–Crippen LogP) is 6.98. The highest BCUT2D eigenvalue weighted by Gasteiger charge is 2.15. The number of hydrogen-bond acceptors (Lipinski definition) is 3. The van der Waals surface area contributed by atoms with Crippen molar-refractivity contribution < 1.29 is 4.39 Å². The lowest BCUT2D eigenvalue weighted by molar-refractivity contribution is 0.373. The average molecular weight is 446 g/mol. The fourth-order valence-electron chi connectivity index (χ4n) is 4.46. The maximum absolute atomic E-state index is 14.6. The van der Waals surface area contributed by atoms with Crippen molar-refractivity contribution in [1.29, 1.82) is 0 Å². The molecule has 2 N–H and O–H groups in total. The van der Waals surface area contributed by atoms with Crippen molar-refractivity contribution in [3.05, 3.63) is 89.2 Å². The lowest BCUT2D eigenvalue weighted by atomic mass is 9.91. The monoisotopic (exact) mass is 445 g/mol. The summed E-state index contributed by atoms with van der Waals surface area (Å²) in [4.78, 5) is 4.70. The fourth-order valence-corrected chi connectivity index (χ4v) is 4.62. The van der Waals surface area contributed by atoms with Crippen molar-refractivity contribution in [2.75, 3.05) is 18.4 Å². The van der Waals surface area contributed by atoms with Gasteiger partial charge in [-0.15, -0.1) is 0 Å². The second kappa shape index (κ2) is 9.27. The van der Waals surface area contributed by atoms with Crippen LogP contribution in [0.15, 0.2) is 72.8 Å². The maximum Gasteiger partial charge on any atom is 0.134 e. The van der Waals surface area contributed by atoms with Gasteiger partial charge in [-0.1, -0.05) is 41.9 Å². The first kappa shape index (κ1) is 20.9. The topological polar surface area (TPSA) is 37.0 Å². The lowest BCUT2D eigenvalue weighted by Crippen LogP contribution is -2.28. The third kappa shape index (κ3) is 4.62. The Morgan fingerprint density at radius 1 is 0.969 bits per heavy atom. The summed E-state index contributed by atoms with van der Waals surface area (Å²) in [7, 11) is 0. The number of pyridine rings is 1. The number of anilines is 2. The van der Waals surface area contributed by atoms with Gasteiger partial charge in [0.1, 0.15) is 5.82 Å². The highest BCUT2D eigenvalue weighted by molar-refractivity contribution is 6.30. The van der Waals surface area contributed by atoms with Crippen LogP contribution in [0.4, 0.5) is 15.8 Å². The lowest BCUT2D eigenvalue weighted by Gasteiger charge is -2.22. The van der Waals surface area contributed by atoms with E-state index < -0.39 is 0 Å². The van der Waals surface area contributed by atoms with Crippen molar-refractivity contribution in [3.8, 4) is 11.3 Å². The van der Waals surface area contributed by atoms with Gasteiger partial charge < -0.3 is 10.6 Å². The number of benzene rings is 3. The minimum Gasteiger partial charge on any atom is -0.355 e. The van der Waals surface area contributed by atoms with E-state index in [1.165, 1.54) is 24.5 Å². The molecular weight excluding hydrogens is 421 g/mol. The molecular formula is C27H25ClFN3. The third-order valence-electron chi connectivity index (χ3n) is 6.11. The standard InChI is InChI=1S/C27H25ClFN3/c28-20-8-9-22(24(29)16-20)26-17-27(23-6-1-2-7-25(23)32-26)31-21-5-3-4-19(15-21)14-18-10-12-30-13-11-18/h1-9,15-18,30H,10-14H2,(H,31,32). The van der Waals surface area contributed by atoms with Gasteiger partial charge in [0.15, 0.2) is 0 Å². The average Bonchev–Trinajstić information content (AvgIpc) is 2.80. The Bertz CT molecular complexity index is 1250. The van der Waals surface area contributed by atoms with Crippen LogP contribution in [0.5, 0.6) is 0 Å². The molecule has 5 rings (SSSR count). The summed E-state index contributed by atoms with van der Waals surface area (Å²) >= 11 is 5.95. The van der Waals surface area contributed by atoms with Gasteiger partial charge in [0.2, 0.25) is 0 Å². The van der Waals surface area contributed by atoms with Crippen LogP contribution in [-0.4, -0.2) is 18.1 Å². The number of para-hydroxylation sites is 1. The molecule has 3 aromatic carbocycles. The summed E-state index contributed by atoms with van der Waals surface area (Å²) in [5.74, 6) is 0.350. The second-order valence-electron chi connectivity index (χ2n) is 8.42. The van der Waals surface area contributed by atoms with E-state index in [0.717, 1.165) is 47.7 Å². The van der Waals surface area contributed by atoms with Gasteiger partial charge in [-0.25, -0.2) is 9.37 Å². The molecule has 0 radical (unpaired) electrons. The number of piperidine rings is 1. The molecule has 162 valence electrons. The Morgan fingerprint density at radius 3 is 2.66 bits per heavy atom. The zero-order chi connectivity index (χ0) is 21.9. The summed E-state index contributed by atoms with van der Waals surface area (Å²) < 4.78 is 14.6. The molecule has 0 unspecified atom stereocenters. The van der Waals surface area contributed by atoms with E-state index in [1.807, 2.05) is 30.3 Å². The van der Waals surface area contributed by atoms with Gasteiger partial charge in [0.25, 0.3) is 0 Å². The van der Waals surface area contributed by atoms with Crippen molar-refractivity contribution >= 4 is 33.9 Å². The first-order valence-corrected chi connectivity index (χ1v) is 11.5. The van der Waals surface area contributed by atoms with Crippen LogP contribution in [0.3, 0.4) is 0 Å². The summed E-state index contributed by atoms with van der Waals surface area (Å²) in [6.45, 7) is 2.21. The molecule has 3 nitrogen and oxygen atoms in total. The second-order valence-corrected chi connectivity index (χ2v) is 8.86. The fraction of sp³-hybridized carbons (Fsp3) is 0.222. The molecule has 2 heterocycles. The molecule has 0 atom stereocenters. The highest BCUT2D eigenvalue weighted by Crippen LogP contribution is 2.32. The first-order chi connectivity index (χ1) is 15.7. The molecule has 32 heavy (non-hydrogen) atoms. The molecule has 1 fully saturated rings. The molecule has 4 aromatic rings. The summed E-state index contributed by atoms with van der Waals surface area (Å²) in [6.07, 6.45) is 3.54. The van der Waals surface area contributed by atoms with Crippen molar-refractivity contribution in [3.63, 3.8) is 0 Å². The van der Waals surface area contributed by atoms with E-state index in [0.29, 0.717) is 16.3 Å². The van der Waals surface area contributed by atoms with Crippen molar-refractivity contribution in [2.45, 2.75) is 19.3 Å². The minimum atomic E-state index is -0.379. The SMILES string of the molecule is Fc1cc(Cl)ccc1-c1cc(Nc2cccc(CC3CCNCC3)c2)c2ccccc2n1. The normalized spacial score (nSPS) is 14.6. The van der Waals surface area contributed by atoms with Crippen LogP contribution < -0.4 is 10.6 Å². The van der Waals surface area contributed by atoms with Gasteiger partial charge in [0, 0.05) is 21.7 Å². The highest BCUT2D eigenvalue weighted by atomic mass is 35.5. The quantitative estimate of drug-likeness (QED) is 0.348. The largest absolute Gasteiger partial charge is 0.355 e. The Hall–Kier alpha value is -2.95. The smallest absolute Gasteiger partial charge is 0.134 e. The van der Waals surface area contributed by atoms with Crippen LogP contribution in [0, 0.1) is 11.7 Å². The van der Waals surface area contributed by atoms with Gasteiger partial charge in [-0.3, -0.25) is 0 Å². The van der Waals surface area contributed by atoms with Crippen molar-refractivity contribution in [1.82, 2.24) is 10.3 Å². The molecule has 1 aliphatic heterocycles. The summed E-state index contributed by atoms with van der Waals surface area (Å²) in [6, 6.07) is 23.1. The number of fused-ring (bicyclic) bond motifs is 1. The number of halogens is 2. The summed E-state index contributed by atoms with van der Waals surface area (Å²) in [5, 5.41) is 8.37. The first-order valence-electron chi connectivity index (χ1n) is 11.1. The van der Waals surface area contributed by atoms with Crippen LogP contribution in [0.25, 0.3) is 22.2 Å².